The second kappa shape index (κ2) is 6.43. The van der Waals surface area contributed by atoms with E-state index in [9.17, 15) is 10.1 Å². The molecule has 2 rings (SSSR count). The fourth-order valence-corrected chi connectivity index (χ4v) is 3.12. The average Bonchev–Trinajstić information content (AvgIpc) is 2.77. The van der Waals surface area contributed by atoms with Crippen LogP contribution in [0.15, 0.2) is 0 Å². The van der Waals surface area contributed by atoms with E-state index in [0.717, 1.165) is 32.4 Å². The van der Waals surface area contributed by atoms with Crippen molar-refractivity contribution in [2.75, 3.05) is 24.6 Å². The minimum absolute atomic E-state index is 0.0170. The Bertz CT molecular complexity index is 511. The molecule has 0 saturated carbocycles. The monoisotopic (exact) mass is 296 g/mol. The highest BCUT2D eigenvalue weighted by molar-refractivity contribution is 5.62. The summed E-state index contributed by atoms with van der Waals surface area (Å²) in [4.78, 5) is 13.2. The molecule has 1 aliphatic rings. The predicted octanol–water partition coefficient (Wildman–Crippen LogP) is 2.05. The molecule has 1 fully saturated rings. The van der Waals surface area contributed by atoms with Crippen LogP contribution in [0.1, 0.15) is 44.7 Å². The van der Waals surface area contributed by atoms with E-state index in [1.807, 2.05) is 13.8 Å². The number of aryl methyl sites for hydroxylation is 1. The van der Waals surface area contributed by atoms with Crippen LogP contribution in [0.5, 0.6) is 0 Å². The summed E-state index contributed by atoms with van der Waals surface area (Å²) in [5.74, 6) is 1.01. The fraction of sp³-hybridized carbons (Fsp3) is 0.786. The van der Waals surface area contributed by atoms with Crippen LogP contribution in [0.25, 0.3) is 0 Å². The number of hydrogen-bond donors (Lipinski definition) is 1. The summed E-state index contributed by atoms with van der Waals surface area (Å²) in [6, 6.07) is 0. The summed E-state index contributed by atoms with van der Waals surface area (Å²) >= 11 is 0. The van der Waals surface area contributed by atoms with Gasteiger partial charge >= 0.3 is 5.69 Å². The maximum Gasteiger partial charge on any atom is 0.334 e. The summed E-state index contributed by atoms with van der Waals surface area (Å²) in [7, 11) is 1.77. The molecule has 2 heterocycles. The molecule has 0 amide bonds. The Morgan fingerprint density at radius 2 is 2.24 bits per heavy atom. The molecule has 0 aliphatic carbocycles. The van der Waals surface area contributed by atoms with Gasteiger partial charge in [-0.2, -0.15) is 5.10 Å². The van der Waals surface area contributed by atoms with E-state index in [2.05, 4.69) is 10.00 Å². The Morgan fingerprint density at radius 1 is 1.52 bits per heavy atom. The minimum Gasteiger partial charge on any atom is -0.396 e. The highest BCUT2D eigenvalue weighted by atomic mass is 16.6. The summed E-state index contributed by atoms with van der Waals surface area (Å²) in [5.41, 5.74) is 0.680. The lowest BCUT2D eigenvalue weighted by atomic mass is 9.95. The van der Waals surface area contributed by atoms with E-state index in [-0.39, 0.29) is 23.1 Å². The van der Waals surface area contributed by atoms with Crippen molar-refractivity contribution < 1.29 is 10.0 Å². The lowest BCUT2D eigenvalue weighted by Crippen LogP contribution is -2.37. The quantitative estimate of drug-likeness (QED) is 0.664. The maximum atomic E-state index is 11.5. The Balaban J connectivity index is 2.36. The lowest BCUT2D eigenvalue weighted by molar-refractivity contribution is -0.385. The van der Waals surface area contributed by atoms with Crippen LogP contribution in [0.2, 0.25) is 0 Å². The lowest BCUT2D eigenvalue weighted by Gasteiger charge is -2.33. The molecule has 7 nitrogen and oxygen atoms in total. The third kappa shape index (κ3) is 3.18. The van der Waals surface area contributed by atoms with Crippen molar-refractivity contribution in [1.82, 2.24) is 9.78 Å². The first-order chi connectivity index (χ1) is 9.95. The molecule has 7 heteroatoms. The van der Waals surface area contributed by atoms with Crippen LogP contribution in [0, 0.1) is 16.0 Å². The Labute approximate surface area is 124 Å². The van der Waals surface area contributed by atoms with Crippen LogP contribution in [0.3, 0.4) is 0 Å². The Kier molecular flexibility index (Phi) is 4.82. The standard InChI is InChI=1S/C14H24N4O3/c1-10(2)12-13(18(20)21)14(16(3)15-12)17-7-4-5-11(9-17)6-8-19/h10-11,19H,4-9H2,1-3H3. The third-order valence-electron chi connectivity index (χ3n) is 4.10. The van der Waals surface area contributed by atoms with Gasteiger partial charge in [0.2, 0.25) is 5.82 Å². The van der Waals surface area contributed by atoms with Gasteiger partial charge in [-0.3, -0.25) is 10.1 Å². The Hall–Kier alpha value is -1.63. The summed E-state index contributed by atoms with van der Waals surface area (Å²) < 4.78 is 1.63. The molecule has 1 unspecified atom stereocenters. The molecule has 1 atom stereocenters. The number of nitro groups is 1. The van der Waals surface area contributed by atoms with Gasteiger partial charge < -0.3 is 10.0 Å². The maximum absolute atomic E-state index is 11.5. The number of aromatic nitrogens is 2. The van der Waals surface area contributed by atoms with E-state index >= 15 is 0 Å². The zero-order chi connectivity index (χ0) is 15.6. The molecule has 1 aliphatic heterocycles. The number of anilines is 1. The first kappa shape index (κ1) is 15.8. The number of nitrogens with zero attached hydrogens (tertiary/aromatic N) is 4. The van der Waals surface area contributed by atoms with Gasteiger partial charge in [-0.1, -0.05) is 13.8 Å². The number of piperidine rings is 1. The Morgan fingerprint density at radius 3 is 2.81 bits per heavy atom. The number of hydrogen-bond acceptors (Lipinski definition) is 5. The van der Waals surface area contributed by atoms with Crippen LogP contribution >= 0.6 is 0 Å². The van der Waals surface area contributed by atoms with E-state index in [4.69, 9.17) is 5.11 Å². The number of rotatable bonds is 5. The van der Waals surface area contributed by atoms with Crippen molar-refractivity contribution in [2.24, 2.45) is 13.0 Å². The molecular weight excluding hydrogens is 272 g/mol. The van der Waals surface area contributed by atoms with Crippen molar-refractivity contribution >= 4 is 11.5 Å². The van der Waals surface area contributed by atoms with Gasteiger partial charge in [-0.25, -0.2) is 4.68 Å². The van der Waals surface area contributed by atoms with Gasteiger partial charge in [0, 0.05) is 32.7 Å². The molecule has 21 heavy (non-hydrogen) atoms. The normalized spacial score (nSPS) is 19.3. The minimum atomic E-state index is -0.312. The zero-order valence-electron chi connectivity index (χ0n) is 12.9. The van der Waals surface area contributed by atoms with Crippen molar-refractivity contribution in [2.45, 2.75) is 39.0 Å². The highest BCUT2D eigenvalue weighted by Gasteiger charge is 2.33. The SMILES string of the molecule is CC(C)c1nn(C)c(N2CCCC(CCO)C2)c1[N+](=O)[O-]. The van der Waals surface area contributed by atoms with Gasteiger partial charge in [-0.05, 0) is 25.2 Å². The van der Waals surface area contributed by atoms with Crippen molar-refractivity contribution in [3.63, 3.8) is 0 Å². The van der Waals surface area contributed by atoms with E-state index in [0.29, 0.717) is 17.4 Å². The van der Waals surface area contributed by atoms with Gasteiger partial charge in [0.25, 0.3) is 0 Å². The smallest absolute Gasteiger partial charge is 0.334 e. The van der Waals surface area contributed by atoms with Crippen LogP contribution in [-0.2, 0) is 7.05 Å². The summed E-state index contributed by atoms with van der Waals surface area (Å²) in [5, 5.41) is 25.0. The molecule has 1 aromatic heterocycles. The summed E-state index contributed by atoms with van der Waals surface area (Å²) in [6.45, 7) is 5.56. The molecule has 0 aromatic carbocycles. The largest absolute Gasteiger partial charge is 0.396 e. The van der Waals surface area contributed by atoms with Crippen LogP contribution in [-0.4, -0.2) is 39.5 Å². The highest BCUT2D eigenvalue weighted by Crippen LogP contribution is 2.37. The first-order valence-electron chi connectivity index (χ1n) is 7.52. The zero-order valence-corrected chi connectivity index (χ0v) is 12.9. The fourth-order valence-electron chi connectivity index (χ4n) is 3.12. The molecule has 0 bridgehead atoms. The first-order valence-corrected chi connectivity index (χ1v) is 7.52. The molecule has 118 valence electrons. The van der Waals surface area contributed by atoms with Crippen LogP contribution in [0.4, 0.5) is 11.5 Å². The van der Waals surface area contributed by atoms with Gasteiger partial charge in [0.05, 0.1) is 4.92 Å². The van der Waals surface area contributed by atoms with Crippen molar-refractivity contribution in [3.8, 4) is 0 Å². The van der Waals surface area contributed by atoms with Gasteiger partial charge in [0.1, 0.15) is 5.69 Å². The van der Waals surface area contributed by atoms with E-state index in [1.165, 1.54) is 0 Å². The van der Waals surface area contributed by atoms with Crippen LogP contribution < -0.4 is 4.90 Å². The number of aliphatic hydroxyl groups is 1. The van der Waals surface area contributed by atoms with Crippen molar-refractivity contribution in [3.05, 3.63) is 15.8 Å². The van der Waals surface area contributed by atoms with Gasteiger partial charge in [-0.15, -0.1) is 0 Å². The van der Waals surface area contributed by atoms with E-state index in [1.54, 1.807) is 11.7 Å². The van der Waals surface area contributed by atoms with Crippen molar-refractivity contribution in [1.29, 1.82) is 0 Å². The molecule has 1 aromatic rings. The van der Waals surface area contributed by atoms with Gasteiger partial charge in [0.15, 0.2) is 0 Å². The number of aliphatic hydroxyl groups excluding tert-OH is 1. The average molecular weight is 296 g/mol. The third-order valence-corrected chi connectivity index (χ3v) is 4.10. The van der Waals surface area contributed by atoms with E-state index < -0.39 is 0 Å². The second-order valence-electron chi connectivity index (χ2n) is 6.06. The molecule has 0 spiro atoms. The predicted molar refractivity (Wildman–Crippen MR) is 80.6 cm³/mol. The molecule has 1 N–H and O–H groups in total. The molecule has 0 radical (unpaired) electrons. The second-order valence-corrected chi connectivity index (χ2v) is 6.06. The molecule has 1 saturated heterocycles. The summed E-state index contributed by atoms with van der Waals surface area (Å²) in [6.07, 6.45) is 2.81. The molecular formula is C14H24N4O3. The topological polar surface area (TPSA) is 84.4 Å².